The van der Waals surface area contributed by atoms with Crippen LogP contribution < -0.4 is 10.6 Å². The molecule has 2 rings (SSSR count). The summed E-state index contributed by atoms with van der Waals surface area (Å²) in [6.45, 7) is 5.94. The van der Waals surface area contributed by atoms with E-state index >= 15 is 0 Å². The number of rotatable bonds is 3. The molecular weight excluding hydrogens is 212 g/mol. The van der Waals surface area contributed by atoms with E-state index in [-0.39, 0.29) is 11.9 Å². The van der Waals surface area contributed by atoms with Crippen molar-refractivity contribution in [3.05, 3.63) is 34.9 Å². The molecule has 17 heavy (non-hydrogen) atoms. The van der Waals surface area contributed by atoms with Crippen LogP contribution in [0.4, 0.5) is 0 Å². The van der Waals surface area contributed by atoms with Crippen LogP contribution in [0.2, 0.25) is 0 Å². The summed E-state index contributed by atoms with van der Waals surface area (Å²) in [5.41, 5.74) is 3.86. The first-order valence-corrected chi connectivity index (χ1v) is 6.26. The Morgan fingerprint density at radius 1 is 1.41 bits per heavy atom. The molecule has 1 heterocycles. The van der Waals surface area contributed by atoms with Crippen LogP contribution in [-0.2, 0) is 24.2 Å². The summed E-state index contributed by atoms with van der Waals surface area (Å²) in [7, 11) is 0. The third-order valence-electron chi connectivity index (χ3n) is 2.97. The smallest absolute Gasteiger partial charge is 0.224 e. The molecule has 1 aliphatic rings. The number of nitrogens with one attached hydrogen (secondary N) is 2. The van der Waals surface area contributed by atoms with Gasteiger partial charge in [-0.25, -0.2) is 0 Å². The van der Waals surface area contributed by atoms with E-state index in [2.05, 4.69) is 28.8 Å². The number of carbonyl (C=O) groups is 1. The van der Waals surface area contributed by atoms with Crippen molar-refractivity contribution in [2.75, 3.05) is 6.54 Å². The highest BCUT2D eigenvalue weighted by molar-refractivity contribution is 5.78. The van der Waals surface area contributed by atoms with Crippen LogP contribution in [0, 0.1) is 0 Å². The standard InChI is InChI=1S/C14H20N2O/c1-10(2)16-14(17)8-11-3-4-12-5-6-15-9-13(12)7-11/h3-4,7,10,15H,5-6,8-9H2,1-2H3,(H,16,17). The lowest BCUT2D eigenvalue weighted by Gasteiger charge is -2.18. The fourth-order valence-electron chi connectivity index (χ4n) is 2.20. The average Bonchev–Trinajstić information content (AvgIpc) is 2.27. The third kappa shape index (κ3) is 3.30. The van der Waals surface area contributed by atoms with Crippen LogP contribution in [0.1, 0.15) is 30.5 Å². The minimum absolute atomic E-state index is 0.101. The zero-order valence-corrected chi connectivity index (χ0v) is 10.5. The maximum atomic E-state index is 11.7. The van der Waals surface area contributed by atoms with Gasteiger partial charge in [0.05, 0.1) is 6.42 Å². The first kappa shape index (κ1) is 12.1. The molecule has 3 heteroatoms. The molecule has 1 aliphatic heterocycles. The topological polar surface area (TPSA) is 41.1 Å². The van der Waals surface area contributed by atoms with E-state index in [4.69, 9.17) is 0 Å². The molecule has 0 radical (unpaired) electrons. The predicted octanol–water partition coefficient (Wildman–Crippen LogP) is 1.40. The Hall–Kier alpha value is -1.35. The molecule has 0 bridgehead atoms. The minimum atomic E-state index is 0.101. The first-order valence-electron chi connectivity index (χ1n) is 6.26. The molecule has 1 amide bonds. The summed E-state index contributed by atoms with van der Waals surface area (Å²) in [4.78, 5) is 11.7. The number of amides is 1. The Balaban J connectivity index is 2.04. The van der Waals surface area contributed by atoms with Gasteiger partial charge in [0.15, 0.2) is 0 Å². The molecule has 0 aromatic heterocycles. The SMILES string of the molecule is CC(C)NC(=O)Cc1ccc2c(c1)CNCC2. The van der Waals surface area contributed by atoms with Crippen LogP contribution in [0.15, 0.2) is 18.2 Å². The maximum absolute atomic E-state index is 11.7. The van der Waals surface area contributed by atoms with Crippen LogP contribution >= 0.6 is 0 Å². The lowest BCUT2D eigenvalue weighted by molar-refractivity contribution is -0.120. The van der Waals surface area contributed by atoms with Crippen molar-refractivity contribution in [2.24, 2.45) is 0 Å². The van der Waals surface area contributed by atoms with E-state index in [9.17, 15) is 4.79 Å². The Morgan fingerprint density at radius 3 is 3.00 bits per heavy atom. The molecule has 1 aromatic rings. The zero-order chi connectivity index (χ0) is 12.3. The molecular formula is C14H20N2O. The van der Waals surface area contributed by atoms with Gasteiger partial charge >= 0.3 is 0 Å². The van der Waals surface area contributed by atoms with Gasteiger partial charge in [-0.1, -0.05) is 18.2 Å². The Labute approximate surface area is 103 Å². The van der Waals surface area contributed by atoms with Crippen LogP contribution in [0.5, 0.6) is 0 Å². The Kier molecular flexibility index (Phi) is 3.79. The van der Waals surface area contributed by atoms with Crippen LogP contribution in [0.3, 0.4) is 0 Å². The minimum Gasteiger partial charge on any atom is -0.354 e. The largest absolute Gasteiger partial charge is 0.354 e. The van der Waals surface area contributed by atoms with Gasteiger partial charge in [-0.2, -0.15) is 0 Å². The summed E-state index contributed by atoms with van der Waals surface area (Å²) < 4.78 is 0. The Morgan fingerprint density at radius 2 is 2.24 bits per heavy atom. The Bertz CT molecular complexity index is 413. The summed E-state index contributed by atoms with van der Waals surface area (Å²) in [6.07, 6.45) is 1.57. The molecule has 92 valence electrons. The van der Waals surface area contributed by atoms with Gasteiger partial charge in [0.1, 0.15) is 0 Å². The number of fused-ring (bicyclic) bond motifs is 1. The van der Waals surface area contributed by atoms with Crippen molar-refractivity contribution in [3.8, 4) is 0 Å². The van der Waals surface area contributed by atoms with Crippen molar-refractivity contribution in [1.29, 1.82) is 0 Å². The molecule has 0 fully saturated rings. The van der Waals surface area contributed by atoms with Gasteiger partial charge in [-0.3, -0.25) is 4.79 Å². The van der Waals surface area contributed by atoms with E-state index < -0.39 is 0 Å². The highest BCUT2D eigenvalue weighted by atomic mass is 16.1. The number of hydrogen-bond acceptors (Lipinski definition) is 2. The second-order valence-corrected chi connectivity index (χ2v) is 4.93. The van der Waals surface area contributed by atoms with Gasteiger partial charge in [0.25, 0.3) is 0 Å². The van der Waals surface area contributed by atoms with Crippen molar-refractivity contribution in [2.45, 2.75) is 39.3 Å². The van der Waals surface area contributed by atoms with Crippen LogP contribution in [-0.4, -0.2) is 18.5 Å². The van der Waals surface area contributed by atoms with Crippen molar-refractivity contribution < 1.29 is 4.79 Å². The maximum Gasteiger partial charge on any atom is 0.224 e. The van der Waals surface area contributed by atoms with Gasteiger partial charge in [0.2, 0.25) is 5.91 Å². The van der Waals surface area contributed by atoms with Gasteiger partial charge in [0, 0.05) is 12.6 Å². The van der Waals surface area contributed by atoms with E-state index in [1.807, 2.05) is 13.8 Å². The average molecular weight is 232 g/mol. The summed E-state index contributed by atoms with van der Waals surface area (Å²) in [5.74, 6) is 0.101. The highest BCUT2D eigenvalue weighted by Crippen LogP contribution is 2.16. The van der Waals surface area contributed by atoms with Crippen LogP contribution in [0.25, 0.3) is 0 Å². The summed E-state index contributed by atoms with van der Waals surface area (Å²) in [5, 5.41) is 6.27. The lowest BCUT2D eigenvalue weighted by Crippen LogP contribution is -2.31. The molecule has 0 atom stereocenters. The molecule has 2 N–H and O–H groups in total. The molecule has 1 aromatic carbocycles. The van der Waals surface area contributed by atoms with E-state index in [1.165, 1.54) is 11.1 Å². The second-order valence-electron chi connectivity index (χ2n) is 4.93. The van der Waals surface area contributed by atoms with E-state index in [0.717, 1.165) is 25.1 Å². The van der Waals surface area contributed by atoms with Crippen molar-refractivity contribution in [1.82, 2.24) is 10.6 Å². The first-order chi connectivity index (χ1) is 8.15. The fraction of sp³-hybridized carbons (Fsp3) is 0.500. The zero-order valence-electron chi connectivity index (χ0n) is 10.5. The molecule has 0 saturated heterocycles. The molecule has 0 unspecified atom stereocenters. The molecule has 3 nitrogen and oxygen atoms in total. The van der Waals surface area contributed by atoms with Gasteiger partial charge in [-0.15, -0.1) is 0 Å². The van der Waals surface area contributed by atoms with E-state index in [1.54, 1.807) is 0 Å². The van der Waals surface area contributed by atoms with Gasteiger partial charge < -0.3 is 10.6 Å². The highest BCUT2D eigenvalue weighted by Gasteiger charge is 2.10. The summed E-state index contributed by atoms with van der Waals surface area (Å²) >= 11 is 0. The number of hydrogen-bond donors (Lipinski definition) is 2. The lowest BCUT2D eigenvalue weighted by atomic mass is 9.97. The molecule has 0 aliphatic carbocycles. The predicted molar refractivity (Wildman–Crippen MR) is 68.8 cm³/mol. The van der Waals surface area contributed by atoms with Gasteiger partial charge in [-0.05, 0) is 43.5 Å². The fourth-order valence-corrected chi connectivity index (χ4v) is 2.20. The molecule has 0 spiro atoms. The van der Waals surface area contributed by atoms with E-state index in [0.29, 0.717) is 6.42 Å². The monoisotopic (exact) mass is 232 g/mol. The quantitative estimate of drug-likeness (QED) is 0.827. The molecule has 0 saturated carbocycles. The normalized spacial score (nSPS) is 14.5. The summed E-state index contributed by atoms with van der Waals surface area (Å²) in [6, 6.07) is 6.60. The van der Waals surface area contributed by atoms with Crippen molar-refractivity contribution >= 4 is 5.91 Å². The second kappa shape index (κ2) is 5.32. The van der Waals surface area contributed by atoms with Crippen molar-refractivity contribution in [3.63, 3.8) is 0 Å². The third-order valence-corrected chi connectivity index (χ3v) is 2.97. The number of benzene rings is 1. The number of carbonyl (C=O) groups excluding carboxylic acids is 1.